The predicted molar refractivity (Wildman–Crippen MR) is 540 cm³/mol. The molecule has 0 bridgehead atoms. The lowest BCUT2D eigenvalue weighted by molar-refractivity contribution is -0.143. The number of thiol groups is 1. The number of fused-ring (bicyclic) bond motifs is 3. The monoisotopic (exact) mass is 2080 g/mol. The van der Waals surface area contributed by atoms with Crippen molar-refractivity contribution in [1.82, 2.24) is 99.5 Å². The maximum atomic E-state index is 16.2. The number of carbonyl (C=O) groups excluding carboxylic acids is 22. The van der Waals surface area contributed by atoms with Gasteiger partial charge in [-0.3, -0.25) is 110 Å². The van der Waals surface area contributed by atoms with Crippen LogP contribution in [0.4, 0.5) is 4.79 Å². The summed E-state index contributed by atoms with van der Waals surface area (Å²) in [7, 11) is 0. The van der Waals surface area contributed by atoms with Crippen molar-refractivity contribution in [3.05, 3.63) is 92.3 Å². The van der Waals surface area contributed by atoms with Crippen LogP contribution >= 0.6 is 12.6 Å². The van der Waals surface area contributed by atoms with Gasteiger partial charge in [0.25, 0.3) is 11.5 Å². The van der Waals surface area contributed by atoms with Gasteiger partial charge in [0.1, 0.15) is 97.2 Å². The van der Waals surface area contributed by atoms with Crippen LogP contribution < -0.4 is 131 Å². The van der Waals surface area contributed by atoms with E-state index in [9.17, 15) is 95.9 Å². The third-order valence-corrected chi connectivity index (χ3v) is 23.8. The predicted octanol–water partition coefficient (Wildman–Crippen LogP) is -4.85. The van der Waals surface area contributed by atoms with Gasteiger partial charge in [-0.25, -0.2) is 14.5 Å². The molecule has 2 aromatic carbocycles. The fourth-order valence-electron chi connectivity index (χ4n) is 15.7. The molecule has 1 aliphatic carbocycles. The number of H-pyrrole nitrogens is 1. The highest BCUT2D eigenvalue weighted by atomic mass is 32.1. The van der Waals surface area contributed by atoms with Crippen LogP contribution in [-0.4, -0.2) is 274 Å². The Morgan fingerprint density at radius 1 is 0.395 bits per heavy atom. The van der Waals surface area contributed by atoms with Crippen molar-refractivity contribution in [2.45, 2.75) is 309 Å². The second kappa shape index (κ2) is 62.5. The molecule has 15 atom stereocenters. The van der Waals surface area contributed by atoms with Gasteiger partial charge in [-0.2, -0.15) is 12.6 Å². The number of aromatic nitrogens is 2. The van der Waals surface area contributed by atoms with Gasteiger partial charge in [0.15, 0.2) is 0 Å². The number of nitrogens with two attached hydrogens (primary N) is 6. The lowest BCUT2D eigenvalue weighted by Gasteiger charge is -2.34. The quantitative estimate of drug-likeness (QED) is 0.0186. The van der Waals surface area contributed by atoms with Crippen molar-refractivity contribution < 1.29 is 110 Å². The van der Waals surface area contributed by atoms with Crippen LogP contribution in [0.3, 0.4) is 0 Å². The second-order valence-electron chi connectivity index (χ2n) is 38.0. The summed E-state index contributed by atoms with van der Waals surface area (Å²) in [6, 6.07) is -9.14. The summed E-state index contributed by atoms with van der Waals surface area (Å²) in [6.07, 6.45) is -4.62. The number of aromatic amines is 1. The van der Waals surface area contributed by atoms with Crippen LogP contribution in [0.25, 0.3) is 11.1 Å². The molecule has 51 heteroatoms. The molecule has 0 radical (unpaired) electrons. The lowest BCUT2D eigenvalue weighted by Crippen LogP contribution is -2.62. The number of unbranched alkanes of at least 4 members (excludes halogenated alkanes) is 2. The molecule has 0 fully saturated rings. The highest BCUT2D eigenvalue weighted by molar-refractivity contribution is 7.80. The number of rotatable bonds is 65. The summed E-state index contributed by atoms with van der Waals surface area (Å²) < 4.78 is 7.16. The van der Waals surface area contributed by atoms with Crippen LogP contribution in [0, 0.1) is 30.6 Å². The van der Waals surface area contributed by atoms with Crippen molar-refractivity contribution in [1.29, 1.82) is 0 Å². The summed E-state index contributed by atoms with van der Waals surface area (Å²) in [5.41, 5.74) is 34.9. The largest absolute Gasteiger partial charge is 0.448 e. The van der Waals surface area contributed by atoms with Gasteiger partial charge in [0.2, 0.25) is 118 Å². The van der Waals surface area contributed by atoms with E-state index in [2.05, 4.69) is 103 Å². The molecule has 814 valence electrons. The van der Waals surface area contributed by atoms with Crippen LogP contribution in [0.15, 0.2) is 64.3 Å². The molecule has 0 saturated heterocycles. The van der Waals surface area contributed by atoms with E-state index >= 15 is 19.2 Å². The average molecular weight is 2090 g/mol. The number of carbonyl (C=O) groups is 22. The first-order chi connectivity index (χ1) is 69.1. The molecule has 22 amide bonds. The van der Waals surface area contributed by atoms with Crippen LogP contribution in [0.2, 0.25) is 0 Å². The third-order valence-electron chi connectivity index (χ3n) is 23.5. The molecule has 0 spiro atoms. The van der Waals surface area contributed by atoms with Crippen molar-refractivity contribution in [3.8, 4) is 11.1 Å². The Hall–Kier alpha value is -14.3. The van der Waals surface area contributed by atoms with Gasteiger partial charge in [-0.05, 0) is 184 Å². The number of nitrogens with one attached hydrogen (secondary N) is 17. The zero-order chi connectivity index (χ0) is 111. The van der Waals surface area contributed by atoms with Crippen LogP contribution in [0.5, 0.6) is 0 Å². The van der Waals surface area contributed by atoms with Crippen molar-refractivity contribution in [2.24, 2.45) is 58.1 Å². The molecule has 0 unspecified atom stereocenters. The maximum absolute atomic E-state index is 16.2. The third kappa shape index (κ3) is 43.1. The van der Waals surface area contributed by atoms with E-state index in [0.29, 0.717) is 16.0 Å². The average Bonchev–Trinajstić information content (AvgIpc) is 1.61. The summed E-state index contributed by atoms with van der Waals surface area (Å²) in [6.45, 7) is 18.9. The highest BCUT2D eigenvalue weighted by Crippen LogP contribution is 2.45. The van der Waals surface area contributed by atoms with Crippen molar-refractivity contribution in [2.75, 3.05) is 38.5 Å². The zero-order valence-corrected chi connectivity index (χ0v) is 86.6. The number of aryl methyl sites for hydroxylation is 2. The van der Waals surface area contributed by atoms with Gasteiger partial charge in [0, 0.05) is 56.2 Å². The van der Waals surface area contributed by atoms with Gasteiger partial charge >= 0.3 is 11.8 Å². The molecule has 147 heavy (non-hydrogen) atoms. The fourth-order valence-corrected chi connectivity index (χ4v) is 15.9. The van der Waals surface area contributed by atoms with Gasteiger partial charge in [-0.15, -0.1) is 0 Å². The smallest absolute Gasteiger partial charge is 0.417 e. The number of hydrogen-bond donors (Lipinski definition) is 24. The summed E-state index contributed by atoms with van der Waals surface area (Å²) >= 11 is 3.94. The van der Waals surface area contributed by atoms with E-state index in [1.165, 1.54) is 41.5 Å². The first-order valence-electron chi connectivity index (χ1n) is 49.0. The standard InChI is InChI=1S/C96H149N25O25S/c1-48(2)39-68(89(138)107-53(10)81(130)104-43-77(126)103-44-78(127)109-72(47-147)79(102)128)117-88(137)66(31-34-76(101)125)111-85(134)63(27-19-21-36-97)110-86(135)64(29-32-74(99)123)112-92(141)71(42-51(7)8)116-84(133)56(13)106-82(131)55(12)108-90(139)69(40-49(3)4)118-93(142)73(35-38-120-45-52(9)80(129)119-95(120)144)121(96(145)146-46-62-60-25-17-15-23-58(60)59-24-16-18-26-61(59)62)94(143)67(28-20-22-37-98)114-87(136)65(30-33-75(100)124)113-91(140)70(41-50(5)6)115-83(132)54(11)105-57(14)122/h15-18,23-26,45,48-51,53-56,62-73,147H,19-22,27-44,46-47,97-98H2,1-14H3,(H2,99,123)(H2,100,124)(H2,101,125)(H2,102,128)(H,103,126)(H,104,130)(H,105,122)(H,106,131)(H,107,138)(H,108,139)(H,109,127)(H,110,135)(H,111,134)(H,112,141)(H,113,140)(H,114,136)(H,115,132)(H,116,133)(H,117,137)(H,118,142)(H,119,129,144)/t53-,54-,55-,56-,63-,64-,65-,66-,67-,68-,69-,70-,71-,72-,73-/m0/s1. The number of nitrogens with zero attached hydrogens (tertiary/aromatic N) is 2. The minimum atomic E-state index is -2.17. The number of ether oxygens (including phenoxy) is 1. The molecular formula is C96H149N25O25S. The van der Waals surface area contributed by atoms with Crippen molar-refractivity contribution >= 4 is 143 Å². The molecule has 1 heterocycles. The van der Waals surface area contributed by atoms with E-state index < -0.39 is 321 Å². The van der Waals surface area contributed by atoms with E-state index in [0.717, 1.165) is 21.9 Å². The van der Waals surface area contributed by atoms with E-state index in [4.69, 9.17) is 39.1 Å². The molecule has 50 nitrogen and oxygen atoms in total. The number of primary amides is 4. The Bertz CT molecular complexity index is 5220. The van der Waals surface area contributed by atoms with Crippen LogP contribution in [-0.2, 0) is 112 Å². The number of imide groups is 1. The Morgan fingerprint density at radius 3 is 1.13 bits per heavy atom. The summed E-state index contributed by atoms with van der Waals surface area (Å²) in [5, 5.41) is 39.7. The molecule has 4 rings (SSSR count). The zero-order valence-electron chi connectivity index (χ0n) is 85.7. The SMILES string of the molecule is CC(=O)N[C@@H](C)C(=O)N[C@@H](CC(C)C)C(=O)N[C@@H](CCC(N)=O)C(=O)N[C@@H](CCCCN)C(=O)N(C(=O)OCC1c2ccccc2-c2ccccc21)[C@@H](CCn1cc(C)c(=O)[nH]c1=O)C(=O)N[C@@H](CC(C)C)C(=O)N[C@@H](C)C(=O)N[C@@H](C)C(=O)N[C@@H](CC(C)C)C(=O)N[C@@H](CCC(N)=O)C(=O)N[C@@H](CCCCN)C(=O)N[C@@H](CCC(N)=O)C(=O)N[C@@H](CC(C)C)C(=O)N[C@@H](C)C(=O)NCC(=O)NCC(=O)N[C@@H](CS)C(N)=O. The second-order valence-corrected chi connectivity index (χ2v) is 38.4. The van der Waals surface area contributed by atoms with Gasteiger partial charge in [0.05, 0.1) is 13.1 Å². The Morgan fingerprint density at radius 2 is 0.735 bits per heavy atom. The molecule has 29 N–H and O–H groups in total. The lowest BCUT2D eigenvalue weighted by atomic mass is 9.98. The molecule has 3 aromatic rings. The maximum Gasteiger partial charge on any atom is 0.417 e. The Labute approximate surface area is 857 Å². The van der Waals surface area contributed by atoms with Gasteiger partial charge in [-0.1, -0.05) is 104 Å². The minimum Gasteiger partial charge on any atom is -0.448 e. The number of amides is 22. The normalized spacial score (nSPS) is 14.6. The molecule has 0 aliphatic heterocycles. The Kier molecular flexibility index (Phi) is 53.2. The number of hydrogen-bond acceptors (Lipinski definition) is 28. The highest BCUT2D eigenvalue weighted by Gasteiger charge is 2.45. The Balaban J connectivity index is 1.71. The fraction of sp³-hybridized carbons (Fsp3) is 0.604. The van der Waals surface area contributed by atoms with E-state index in [-0.39, 0.29) is 100 Å². The summed E-state index contributed by atoms with van der Waals surface area (Å²) in [4.78, 5) is 334. The molecule has 1 aliphatic rings. The van der Waals surface area contributed by atoms with E-state index in [1.54, 1.807) is 91.8 Å². The summed E-state index contributed by atoms with van der Waals surface area (Å²) in [5.74, 6) is -22.8. The minimum absolute atomic E-state index is 0.00385. The van der Waals surface area contributed by atoms with Gasteiger partial charge < -0.3 is 129 Å². The number of benzene rings is 2. The van der Waals surface area contributed by atoms with E-state index in [1.807, 2.05) is 12.1 Å². The van der Waals surface area contributed by atoms with Crippen molar-refractivity contribution in [3.63, 3.8) is 0 Å². The molecular weight excluding hydrogens is 1940 g/mol. The first-order valence-corrected chi connectivity index (χ1v) is 49.6. The van der Waals surface area contributed by atoms with Crippen LogP contribution in [0.1, 0.15) is 222 Å². The molecule has 0 saturated carbocycles. The topological polar surface area (TPSA) is 791 Å². The molecule has 1 aromatic heterocycles. The first kappa shape index (κ1) is 125.